The number of carbonyl (C=O) groups is 1. The lowest BCUT2D eigenvalue weighted by Gasteiger charge is -2.10. The normalized spacial score (nSPS) is 11.4. The summed E-state index contributed by atoms with van der Waals surface area (Å²) >= 11 is 11.7. The summed E-state index contributed by atoms with van der Waals surface area (Å²) in [5, 5.41) is 3.12. The van der Waals surface area contributed by atoms with Gasteiger partial charge in [0.25, 0.3) is 5.91 Å². The van der Waals surface area contributed by atoms with E-state index in [1.165, 1.54) is 48.5 Å². The molecule has 1 amide bonds. The third-order valence-corrected chi connectivity index (χ3v) is 4.24. The summed E-state index contributed by atoms with van der Waals surface area (Å²) in [6.45, 7) is 0. The van der Waals surface area contributed by atoms with Crippen molar-refractivity contribution in [2.75, 3.05) is 5.32 Å². The van der Waals surface area contributed by atoms with E-state index in [1.807, 2.05) is 0 Å². The van der Waals surface area contributed by atoms with E-state index in [-0.39, 0.29) is 22.1 Å². The Morgan fingerprint density at radius 1 is 0.962 bits per heavy atom. The molecule has 0 saturated carbocycles. The standard InChI is InChI=1S/C18H10Cl2F3NO2/c19-13-6-5-10(9-14(13)20)24-17(25)16-8-7-15(26-16)11-3-1-2-4-12(11)18(21,22)23/h1-9H,(H,24,25). The Kier molecular flexibility index (Phi) is 4.98. The van der Waals surface area contributed by atoms with Crippen LogP contribution in [0.1, 0.15) is 16.1 Å². The quantitative estimate of drug-likeness (QED) is 0.544. The fraction of sp³-hybridized carbons (Fsp3) is 0.0556. The molecule has 0 aliphatic heterocycles. The van der Waals surface area contributed by atoms with Crippen LogP contribution in [0.15, 0.2) is 59.0 Å². The van der Waals surface area contributed by atoms with Crippen molar-refractivity contribution in [2.24, 2.45) is 0 Å². The molecule has 3 nitrogen and oxygen atoms in total. The highest BCUT2D eigenvalue weighted by atomic mass is 35.5. The Labute approximate surface area is 156 Å². The van der Waals surface area contributed by atoms with Crippen molar-refractivity contribution in [1.82, 2.24) is 0 Å². The first-order valence-corrected chi connectivity index (χ1v) is 8.04. The number of rotatable bonds is 3. The van der Waals surface area contributed by atoms with Crippen molar-refractivity contribution in [1.29, 1.82) is 0 Å². The van der Waals surface area contributed by atoms with E-state index in [1.54, 1.807) is 0 Å². The maximum atomic E-state index is 13.1. The van der Waals surface area contributed by atoms with Crippen molar-refractivity contribution < 1.29 is 22.4 Å². The number of hydrogen-bond donors (Lipinski definition) is 1. The van der Waals surface area contributed by atoms with Crippen LogP contribution in [0.2, 0.25) is 10.0 Å². The van der Waals surface area contributed by atoms with E-state index < -0.39 is 17.6 Å². The van der Waals surface area contributed by atoms with Crippen LogP contribution in [0.3, 0.4) is 0 Å². The summed E-state index contributed by atoms with van der Waals surface area (Å²) in [6.07, 6.45) is -4.54. The van der Waals surface area contributed by atoms with Gasteiger partial charge in [-0.3, -0.25) is 4.79 Å². The second kappa shape index (κ2) is 7.05. The summed E-state index contributed by atoms with van der Waals surface area (Å²) < 4.78 is 44.7. The number of nitrogens with one attached hydrogen (secondary N) is 1. The molecule has 8 heteroatoms. The number of alkyl halides is 3. The molecule has 0 atom stereocenters. The lowest BCUT2D eigenvalue weighted by Crippen LogP contribution is -2.10. The number of furan rings is 1. The third-order valence-electron chi connectivity index (χ3n) is 3.51. The molecule has 0 aliphatic rings. The molecule has 134 valence electrons. The van der Waals surface area contributed by atoms with Gasteiger partial charge in [0.05, 0.1) is 15.6 Å². The van der Waals surface area contributed by atoms with Gasteiger partial charge in [0.1, 0.15) is 5.76 Å². The minimum Gasteiger partial charge on any atom is -0.451 e. The fourth-order valence-corrected chi connectivity index (χ4v) is 2.61. The van der Waals surface area contributed by atoms with Gasteiger partial charge in [-0.15, -0.1) is 0 Å². The first-order valence-electron chi connectivity index (χ1n) is 7.28. The molecule has 0 saturated heterocycles. The molecule has 0 spiro atoms. The van der Waals surface area contributed by atoms with Gasteiger partial charge in [-0.25, -0.2) is 0 Å². The highest BCUT2D eigenvalue weighted by Crippen LogP contribution is 2.37. The molecule has 0 radical (unpaired) electrons. The van der Waals surface area contributed by atoms with E-state index >= 15 is 0 Å². The second-order valence-corrected chi connectivity index (χ2v) is 6.10. The topological polar surface area (TPSA) is 42.2 Å². The molecule has 0 unspecified atom stereocenters. The van der Waals surface area contributed by atoms with Gasteiger partial charge in [-0.1, -0.05) is 41.4 Å². The maximum Gasteiger partial charge on any atom is 0.417 e. The SMILES string of the molecule is O=C(Nc1ccc(Cl)c(Cl)c1)c1ccc(-c2ccccc2C(F)(F)F)o1. The average Bonchev–Trinajstić information content (AvgIpc) is 3.07. The molecule has 3 rings (SSSR count). The van der Waals surface area contributed by atoms with Gasteiger partial charge in [-0.2, -0.15) is 13.2 Å². The molecule has 0 bridgehead atoms. The van der Waals surface area contributed by atoms with Gasteiger partial charge in [0, 0.05) is 11.3 Å². The number of halogens is 5. The summed E-state index contributed by atoms with van der Waals surface area (Å²) in [6, 6.07) is 12.1. The summed E-state index contributed by atoms with van der Waals surface area (Å²) in [5.41, 5.74) is -0.613. The van der Waals surface area contributed by atoms with E-state index in [9.17, 15) is 18.0 Å². The predicted octanol–water partition coefficient (Wildman–Crippen LogP) is 6.52. The summed E-state index contributed by atoms with van der Waals surface area (Å²) in [5.74, 6) is -0.820. The first-order chi connectivity index (χ1) is 12.3. The summed E-state index contributed by atoms with van der Waals surface area (Å²) in [4.78, 5) is 12.2. The van der Waals surface area contributed by atoms with E-state index in [0.717, 1.165) is 6.07 Å². The molecule has 0 aliphatic carbocycles. The van der Waals surface area contributed by atoms with E-state index in [0.29, 0.717) is 10.7 Å². The lowest BCUT2D eigenvalue weighted by atomic mass is 10.1. The molecular weight excluding hydrogens is 390 g/mol. The molecule has 2 aromatic carbocycles. The average molecular weight is 400 g/mol. The van der Waals surface area contributed by atoms with E-state index in [4.69, 9.17) is 27.6 Å². The first kappa shape index (κ1) is 18.4. The molecule has 0 fully saturated rings. The van der Waals surface area contributed by atoms with Crippen molar-refractivity contribution in [3.8, 4) is 11.3 Å². The van der Waals surface area contributed by atoms with Gasteiger partial charge in [0.2, 0.25) is 0 Å². The number of hydrogen-bond acceptors (Lipinski definition) is 2. The van der Waals surface area contributed by atoms with Crippen LogP contribution >= 0.6 is 23.2 Å². The van der Waals surface area contributed by atoms with Crippen LogP contribution in [0.5, 0.6) is 0 Å². The Bertz CT molecular complexity index is 967. The Hall–Kier alpha value is -2.44. The van der Waals surface area contributed by atoms with Crippen LogP contribution in [0.4, 0.5) is 18.9 Å². The molecule has 26 heavy (non-hydrogen) atoms. The van der Waals surface area contributed by atoms with Crippen LogP contribution < -0.4 is 5.32 Å². The van der Waals surface area contributed by atoms with Crippen LogP contribution in [0.25, 0.3) is 11.3 Å². The lowest BCUT2D eigenvalue weighted by molar-refractivity contribution is -0.137. The highest BCUT2D eigenvalue weighted by Gasteiger charge is 2.34. The fourth-order valence-electron chi connectivity index (χ4n) is 2.32. The van der Waals surface area contributed by atoms with E-state index in [2.05, 4.69) is 5.32 Å². The van der Waals surface area contributed by atoms with Gasteiger partial charge < -0.3 is 9.73 Å². The Morgan fingerprint density at radius 2 is 1.69 bits per heavy atom. The maximum absolute atomic E-state index is 13.1. The number of amides is 1. The van der Waals surface area contributed by atoms with Crippen LogP contribution in [-0.4, -0.2) is 5.91 Å². The monoisotopic (exact) mass is 399 g/mol. The summed E-state index contributed by atoms with van der Waals surface area (Å²) in [7, 11) is 0. The third kappa shape index (κ3) is 3.86. The predicted molar refractivity (Wildman–Crippen MR) is 93.6 cm³/mol. The van der Waals surface area contributed by atoms with Gasteiger partial charge in [-0.05, 0) is 36.4 Å². The molecule has 1 aromatic heterocycles. The minimum absolute atomic E-state index is 0.0581. The smallest absolute Gasteiger partial charge is 0.417 e. The number of anilines is 1. The molecular formula is C18H10Cl2F3NO2. The van der Waals surface area contributed by atoms with Crippen molar-refractivity contribution in [3.63, 3.8) is 0 Å². The second-order valence-electron chi connectivity index (χ2n) is 5.29. The van der Waals surface area contributed by atoms with Crippen LogP contribution in [0, 0.1) is 0 Å². The highest BCUT2D eigenvalue weighted by molar-refractivity contribution is 6.42. The van der Waals surface area contributed by atoms with Crippen molar-refractivity contribution in [2.45, 2.75) is 6.18 Å². The number of benzene rings is 2. The minimum atomic E-state index is -4.54. The largest absolute Gasteiger partial charge is 0.451 e. The van der Waals surface area contributed by atoms with Crippen LogP contribution in [-0.2, 0) is 6.18 Å². The van der Waals surface area contributed by atoms with Crippen molar-refractivity contribution in [3.05, 3.63) is 76.0 Å². The zero-order chi connectivity index (χ0) is 18.9. The molecule has 1 heterocycles. The molecule has 3 aromatic rings. The van der Waals surface area contributed by atoms with Gasteiger partial charge in [0.15, 0.2) is 5.76 Å². The Balaban J connectivity index is 1.86. The molecule has 1 N–H and O–H groups in total. The van der Waals surface area contributed by atoms with Crippen molar-refractivity contribution >= 4 is 34.8 Å². The number of carbonyl (C=O) groups excluding carboxylic acids is 1. The zero-order valence-electron chi connectivity index (χ0n) is 12.9. The van der Waals surface area contributed by atoms with Gasteiger partial charge >= 0.3 is 6.18 Å². The zero-order valence-corrected chi connectivity index (χ0v) is 14.4. The Morgan fingerprint density at radius 3 is 2.38 bits per heavy atom.